The molecule has 146 valence electrons. The number of para-hydroxylation sites is 1. The van der Waals surface area contributed by atoms with Gasteiger partial charge in [0.25, 0.3) is 5.91 Å². The van der Waals surface area contributed by atoms with Crippen LogP contribution in [0.25, 0.3) is 10.2 Å². The number of fused-ring (bicyclic) bond motifs is 1. The predicted octanol–water partition coefficient (Wildman–Crippen LogP) is 3.63. The minimum absolute atomic E-state index is 0.187. The zero-order valence-electron chi connectivity index (χ0n) is 15.7. The van der Waals surface area contributed by atoms with Gasteiger partial charge >= 0.3 is 5.97 Å². The van der Waals surface area contributed by atoms with Crippen LogP contribution in [0.15, 0.2) is 67.0 Å². The number of hydrogen-bond donors (Lipinski definition) is 0. The van der Waals surface area contributed by atoms with Crippen molar-refractivity contribution in [2.24, 2.45) is 0 Å². The molecule has 0 aliphatic rings. The third-order valence-electron chi connectivity index (χ3n) is 4.42. The van der Waals surface area contributed by atoms with Crippen molar-refractivity contribution in [3.8, 4) is 0 Å². The first-order chi connectivity index (χ1) is 14.2. The molecule has 0 bridgehead atoms. The van der Waals surface area contributed by atoms with Crippen LogP contribution in [-0.2, 0) is 11.3 Å². The fraction of sp³-hybridized carbons (Fsp3) is 0.143. The average molecular weight is 406 g/mol. The highest BCUT2D eigenvalue weighted by molar-refractivity contribution is 7.22. The van der Waals surface area contributed by atoms with Crippen LogP contribution in [0.3, 0.4) is 0 Å². The SMILES string of the molecule is COC(=O)c1ccc(C(=O)N(CCn2cccn2)c2nc3ccccc3s2)cc1. The van der Waals surface area contributed by atoms with Crippen LogP contribution in [0.2, 0.25) is 0 Å². The van der Waals surface area contributed by atoms with Gasteiger partial charge in [0.2, 0.25) is 0 Å². The highest BCUT2D eigenvalue weighted by Gasteiger charge is 2.21. The molecule has 0 atom stereocenters. The van der Waals surface area contributed by atoms with Crippen LogP contribution in [-0.4, -0.2) is 40.3 Å². The molecule has 0 radical (unpaired) electrons. The lowest BCUT2D eigenvalue weighted by atomic mass is 10.1. The fourth-order valence-electron chi connectivity index (χ4n) is 2.92. The van der Waals surface area contributed by atoms with Gasteiger partial charge in [-0.25, -0.2) is 9.78 Å². The largest absolute Gasteiger partial charge is 0.465 e. The predicted molar refractivity (Wildman–Crippen MR) is 111 cm³/mol. The third kappa shape index (κ3) is 4.02. The minimum atomic E-state index is -0.439. The first-order valence-corrected chi connectivity index (χ1v) is 9.80. The number of carbonyl (C=O) groups excluding carboxylic acids is 2. The summed E-state index contributed by atoms with van der Waals surface area (Å²) in [4.78, 5) is 31.2. The van der Waals surface area contributed by atoms with E-state index >= 15 is 0 Å². The van der Waals surface area contributed by atoms with Crippen LogP contribution in [0.5, 0.6) is 0 Å². The van der Waals surface area contributed by atoms with Crippen molar-refractivity contribution in [3.63, 3.8) is 0 Å². The van der Waals surface area contributed by atoms with Crippen molar-refractivity contribution in [2.45, 2.75) is 6.54 Å². The van der Waals surface area contributed by atoms with E-state index in [-0.39, 0.29) is 5.91 Å². The summed E-state index contributed by atoms with van der Waals surface area (Å²) in [5.74, 6) is -0.627. The summed E-state index contributed by atoms with van der Waals surface area (Å²) in [6.45, 7) is 0.952. The first-order valence-electron chi connectivity index (χ1n) is 8.99. The van der Waals surface area contributed by atoms with Gasteiger partial charge in [-0.2, -0.15) is 5.10 Å². The molecule has 2 heterocycles. The Balaban J connectivity index is 1.64. The molecule has 0 spiro atoms. The Kier molecular flexibility index (Phi) is 5.35. The number of esters is 1. The lowest BCUT2D eigenvalue weighted by molar-refractivity contribution is 0.0600. The van der Waals surface area contributed by atoms with Gasteiger partial charge in [0.15, 0.2) is 5.13 Å². The van der Waals surface area contributed by atoms with Gasteiger partial charge in [0.1, 0.15) is 0 Å². The summed E-state index contributed by atoms with van der Waals surface area (Å²) in [7, 11) is 1.32. The molecule has 4 aromatic rings. The van der Waals surface area contributed by atoms with Crippen molar-refractivity contribution < 1.29 is 14.3 Å². The molecule has 0 aliphatic heterocycles. The second-order valence-corrected chi connectivity index (χ2v) is 7.27. The minimum Gasteiger partial charge on any atom is -0.465 e. The second kappa shape index (κ2) is 8.24. The van der Waals surface area contributed by atoms with E-state index in [1.807, 2.05) is 36.5 Å². The summed E-state index contributed by atoms with van der Waals surface area (Å²) in [5.41, 5.74) is 1.72. The maximum atomic E-state index is 13.3. The summed E-state index contributed by atoms with van der Waals surface area (Å²) in [6.07, 6.45) is 3.56. The van der Waals surface area contributed by atoms with Crippen molar-refractivity contribution in [1.82, 2.24) is 14.8 Å². The van der Waals surface area contributed by atoms with Gasteiger partial charge in [-0.3, -0.25) is 14.4 Å². The average Bonchev–Trinajstić information content (AvgIpc) is 3.43. The number of ether oxygens (including phenoxy) is 1. The topological polar surface area (TPSA) is 77.3 Å². The van der Waals surface area contributed by atoms with E-state index in [4.69, 9.17) is 4.74 Å². The van der Waals surface area contributed by atoms with Crippen molar-refractivity contribution in [3.05, 3.63) is 78.1 Å². The van der Waals surface area contributed by atoms with Crippen molar-refractivity contribution >= 4 is 38.6 Å². The summed E-state index contributed by atoms with van der Waals surface area (Å²) < 4.78 is 7.50. The van der Waals surface area contributed by atoms with Crippen molar-refractivity contribution in [1.29, 1.82) is 0 Å². The van der Waals surface area contributed by atoms with Gasteiger partial charge in [-0.15, -0.1) is 0 Å². The molecule has 0 N–H and O–H groups in total. The third-order valence-corrected chi connectivity index (χ3v) is 5.48. The number of benzene rings is 2. The number of hydrogen-bond acceptors (Lipinski definition) is 6. The Labute approximate surface area is 171 Å². The molecule has 29 heavy (non-hydrogen) atoms. The van der Waals surface area contributed by atoms with E-state index in [9.17, 15) is 9.59 Å². The Bertz CT molecular complexity index is 1100. The van der Waals surface area contributed by atoms with Crippen molar-refractivity contribution in [2.75, 3.05) is 18.6 Å². The zero-order valence-corrected chi connectivity index (χ0v) is 16.5. The summed E-state index contributed by atoms with van der Waals surface area (Å²) in [5, 5.41) is 4.83. The van der Waals surface area contributed by atoms with Gasteiger partial charge in [0.05, 0.1) is 29.4 Å². The molecular formula is C21H18N4O3S. The molecule has 1 amide bonds. The molecule has 2 aromatic heterocycles. The number of aromatic nitrogens is 3. The van der Waals surface area contributed by atoms with Crippen LogP contribution < -0.4 is 4.90 Å². The molecule has 7 nitrogen and oxygen atoms in total. The van der Waals surface area contributed by atoms with E-state index in [1.54, 1.807) is 40.0 Å². The number of methoxy groups -OCH3 is 1. The van der Waals surface area contributed by atoms with Gasteiger partial charge in [-0.05, 0) is 42.5 Å². The van der Waals surface area contributed by atoms with Gasteiger partial charge in [0, 0.05) is 24.5 Å². The number of carbonyl (C=O) groups is 2. The molecule has 2 aromatic carbocycles. The Morgan fingerprint density at radius 3 is 2.52 bits per heavy atom. The lowest BCUT2D eigenvalue weighted by Gasteiger charge is -2.20. The molecule has 0 unspecified atom stereocenters. The normalized spacial score (nSPS) is 10.8. The fourth-order valence-corrected chi connectivity index (χ4v) is 3.91. The number of thiazole rings is 1. The maximum Gasteiger partial charge on any atom is 0.337 e. The van der Waals surface area contributed by atoms with E-state index in [1.165, 1.54) is 18.4 Å². The van der Waals surface area contributed by atoms with Crippen LogP contribution in [0.1, 0.15) is 20.7 Å². The van der Waals surface area contributed by atoms with E-state index < -0.39 is 5.97 Å². The summed E-state index contributed by atoms with van der Waals surface area (Å²) in [6, 6.07) is 16.1. The zero-order chi connectivity index (χ0) is 20.2. The quantitative estimate of drug-likeness (QED) is 0.457. The monoisotopic (exact) mass is 406 g/mol. The highest BCUT2D eigenvalue weighted by Crippen LogP contribution is 2.29. The molecule has 4 rings (SSSR count). The van der Waals surface area contributed by atoms with E-state index in [2.05, 4.69) is 10.1 Å². The number of amides is 1. The highest BCUT2D eigenvalue weighted by atomic mass is 32.1. The lowest BCUT2D eigenvalue weighted by Crippen LogP contribution is -2.34. The standard InChI is InChI=1S/C21H18N4O3S/c1-28-20(27)16-9-7-15(8-10-16)19(26)25(14-13-24-12-4-11-22-24)21-23-17-5-2-3-6-18(17)29-21/h2-12H,13-14H2,1H3. The number of nitrogens with zero attached hydrogens (tertiary/aromatic N) is 4. The molecular weight excluding hydrogens is 388 g/mol. The summed E-state index contributed by atoms with van der Waals surface area (Å²) >= 11 is 1.47. The number of anilines is 1. The first kappa shape index (κ1) is 18.8. The van der Waals surface area contributed by atoms with E-state index in [0.29, 0.717) is 29.3 Å². The van der Waals surface area contributed by atoms with Crippen LogP contribution in [0.4, 0.5) is 5.13 Å². The van der Waals surface area contributed by atoms with E-state index in [0.717, 1.165) is 10.2 Å². The molecule has 8 heteroatoms. The second-order valence-electron chi connectivity index (χ2n) is 6.26. The molecule has 0 fully saturated rings. The molecule has 0 aliphatic carbocycles. The van der Waals surface area contributed by atoms with Gasteiger partial charge in [-0.1, -0.05) is 23.5 Å². The molecule has 0 saturated carbocycles. The van der Waals surface area contributed by atoms with Gasteiger partial charge < -0.3 is 4.74 Å². The van der Waals surface area contributed by atoms with Crippen LogP contribution >= 0.6 is 11.3 Å². The molecule has 0 saturated heterocycles. The smallest absolute Gasteiger partial charge is 0.337 e. The Hall–Kier alpha value is -3.52. The number of rotatable bonds is 6. The Morgan fingerprint density at radius 1 is 1.07 bits per heavy atom. The maximum absolute atomic E-state index is 13.3. The van der Waals surface area contributed by atoms with Crippen LogP contribution in [0, 0.1) is 0 Å². The Morgan fingerprint density at radius 2 is 1.83 bits per heavy atom.